The molecule has 0 spiro atoms. The average molecular weight is 491 g/mol. The Morgan fingerprint density at radius 3 is 2.74 bits per heavy atom. The Bertz CT molecular complexity index is 1430. The highest BCUT2D eigenvalue weighted by Gasteiger charge is 2.31. The van der Waals surface area contributed by atoms with Crippen molar-refractivity contribution < 1.29 is 9.13 Å². The Morgan fingerprint density at radius 1 is 1.17 bits per heavy atom. The molecule has 7 heteroatoms. The largest absolute Gasteiger partial charge is 0.497 e. The molecule has 0 aliphatic heterocycles. The van der Waals surface area contributed by atoms with Crippen LogP contribution in [-0.4, -0.2) is 28.3 Å². The van der Waals surface area contributed by atoms with E-state index in [9.17, 15) is 4.39 Å². The van der Waals surface area contributed by atoms with Crippen LogP contribution in [0.2, 0.25) is 5.02 Å². The molecule has 0 atom stereocenters. The number of benzene rings is 2. The van der Waals surface area contributed by atoms with Crippen LogP contribution >= 0.6 is 11.6 Å². The summed E-state index contributed by atoms with van der Waals surface area (Å²) in [5.41, 5.74) is 6.56. The van der Waals surface area contributed by atoms with E-state index in [2.05, 4.69) is 4.90 Å². The van der Waals surface area contributed by atoms with E-state index >= 15 is 0 Å². The van der Waals surface area contributed by atoms with Crippen LogP contribution in [-0.2, 0) is 19.4 Å². The lowest BCUT2D eigenvalue weighted by Crippen LogP contribution is -2.29. The van der Waals surface area contributed by atoms with Gasteiger partial charge >= 0.3 is 0 Å². The predicted octanol–water partition coefficient (Wildman–Crippen LogP) is 6.41. The van der Waals surface area contributed by atoms with E-state index in [1.54, 1.807) is 19.2 Å². The van der Waals surface area contributed by atoms with Crippen LogP contribution in [0.1, 0.15) is 41.8 Å². The maximum atomic E-state index is 14.7. The molecule has 6 rings (SSSR count). The summed E-state index contributed by atoms with van der Waals surface area (Å²) in [5, 5.41) is 5.60. The van der Waals surface area contributed by atoms with Crippen LogP contribution < -0.4 is 9.64 Å². The maximum Gasteiger partial charge on any atom is 0.165 e. The number of hydrogen-bond acceptors (Lipinski definition) is 4. The molecule has 2 aliphatic carbocycles. The lowest BCUT2D eigenvalue weighted by Gasteiger charge is -2.28. The second-order valence-electron chi connectivity index (χ2n) is 9.67. The highest BCUT2D eigenvalue weighted by Crippen LogP contribution is 2.41. The van der Waals surface area contributed by atoms with Crippen LogP contribution in [0.15, 0.2) is 42.5 Å². The summed E-state index contributed by atoms with van der Waals surface area (Å²) >= 11 is 6.70. The molecule has 0 bridgehead atoms. The molecule has 0 N–H and O–H groups in total. The summed E-state index contributed by atoms with van der Waals surface area (Å²) in [6, 6.07) is 12.8. The SMILES string of the molecule is COc1ccc(-c2c(C)nn3c(N(Cc4ccccc4F)CC4CC4)c4c(nc23)CCC4)c(Cl)c1. The van der Waals surface area contributed by atoms with E-state index < -0.39 is 0 Å². The van der Waals surface area contributed by atoms with Crippen molar-refractivity contribution in [3.05, 3.63) is 75.8 Å². The van der Waals surface area contributed by atoms with Crippen LogP contribution in [0.5, 0.6) is 5.75 Å². The first kappa shape index (κ1) is 22.4. The molecule has 180 valence electrons. The van der Waals surface area contributed by atoms with Crippen LogP contribution in [0.3, 0.4) is 0 Å². The van der Waals surface area contributed by atoms with E-state index in [4.69, 9.17) is 26.4 Å². The summed E-state index contributed by atoms with van der Waals surface area (Å²) < 4.78 is 22.0. The van der Waals surface area contributed by atoms with Gasteiger partial charge in [0, 0.05) is 35.5 Å². The van der Waals surface area contributed by atoms with Gasteiger partial charge in [-0.25, -0.2) is 9.37 Å². The molecule has 35 heavy (non-hydrogen) atoms. The van der Waals surface area contributed by atoms with Gasteiger partial charge in [0.15, 0.2) is 5.65 Å². The number of fused-ring (bicyclic) bond motifs is 2. The van der Waals surface area contributed by atoms with Gasteiger partial charge in [0.25, 0.3) is 0 Å². The Morgan fingerprint density at radius 2 is 2.00 bits per heavy atom. The molecular weight excluding hydrogens is 463 g/mol. The molecule has 2 aliphatic rings. The highest BCUT2D eigenvalue weighted by molar-refractivity contribution is 6.33. The van der Waals surface area contributed by atoms with Gasteiger partial charge in [0.05, 0.1) is 23.4 Å². The lowest BCUT2D eigenvalue weighted by atomic mass is 10.1. The molecule has 0 unspecified atom stereocenters. The van der Waals surface area contributed by atoms with Gasteiger partial charge in [-0.05, 0) is 69.2 Å². The molecule has 5 nitrogen and oxygen atoms in total. The van der Waals surface area contributed by atoms with Crippen molar-refractivity contribution in [2.24, 2.45) is 5.92 Å². The van der Waals surface area contributed by atoms with Crippen molar-refractivity contribution in [1.82, 2.24) is 14.6 Å². The number of aryl methyl sites for hydroxylation is 2. The van der Waals surface area contributed by atoms with Gasteiger partial charge < -0.3 is 9.64 Å². The van der Waals surface area contributed by atoms with Crippen molar-refractivity contribution in [3.8, 4) is 16.9 Å². The van der Waals surface area contributed by atoms with Crippen molar-refractivity contribution in [2.75, 3.05) is 18.6 Å². The minimum absolute atomic E-state index is 0.169. The number of anilines is 1. The number of nitrogens with zero attached hydrogens (tertiary/aromatic N) is 4. The van der Waals surface area contributed by atoms with Gasteiger partial charge in [0.1, 0.15) is 17.4 Å². The van der Waals surface area contributed by atoms with Crippen LogP contribution in [0.4, 0.5) is 10.2 Å². The summed E-state index contributed by atoms with van der Waals surface area (Å²) in [4.78, 5) is 7.44. The molecule has 2 aromatic carbocycles. The molecule has 2 heterocycles. The fourth-order valence-corrected chi connectivity index (χ4v) is 5.51. The number of rotatable bonds is 7. The first-order valence-electron chi connectivity index (χ1n) is 12.3. The number of halogens is 2. The smallest absolute Gasteiger partial charge is 0.165 e. The van der Waals surface area contributed by atoms with Crippen molar-refractivity contribution >= 4 is 23.1 Å². The Labute approximate surface area is 209 Å². The van der Waals surface area contributed by atoms with Gasteiger partial charge in [-0.3, -0.25) is 0 Å². The van der Waals surface area contributed by atoms with Crippen LogP contribution in [0.25, 0.3) is 16.8 Å². The van der Waals surface area contributed by atoms with Crippen molar-refractivity contribution in [2.45, 2.75) is 45.6 Å². The minimum atomic E-state index is -0.169. The Balaban J connectivity index is 1.55. The zero-order valence-corrected chi connectivity index (χ0v) is 20.8. The molecule has 0 amide bonds. The first-order chi connectivity index (χ1) is 17.0. The highest BCUT2D eigenvalue weighted by atomic mass is 35.5. The molecule has 0 saturated heterocycles. The fourth-order valence-electron chi connectivity index (χ4n) is 5.25. The predicted molar refractivity (Wildman–Crippen MR) is 137 cm³/mol. The van der Waals surface area contributed by atoms with E-state index in [1.165, 1.54) is 18.4 Å². The second-order valence-corrected chi connectivity index (χ2v) is 10.1. The summed E-state index contributed by atoms with van der Waals surface area (Å²) in [7, 11) is 1.63. The number of methoxy groups -OCH3 is 1. The standard InChI is InChI=1S/C28H28ClFN4O/c1-17-26(21-13-12-20(35-2)14-23(21)29)27-31-25-9-5-7-22(25)28(34(27)32-17)33(15-18-10-11-18)16-19-6-3-4-8-24(19)30/h3-4,6,8,12-14,18H,5,7,9-11,15-16H2,1-2H3. The van der Waals surface area contributed by atoms with Gasteiger partial charge in [0.2, 0.25) is 0 Å². The quantitative estimate of drug-likeness (QED) is 0.300. The van der Waals surface area contributed by atoms with E-state index in [1.807, 2.05) is 41.8 Å². The molecule has 2 aromatic heterocycles. The zero-order chi connectivity index (χ0) is 24.1. The van der Waals surface area contributed by atoms with Gasteiger partial charge in [-0.1, -0.05) is 29.8 Å². The van der Waals surface area contributed by atoms with E-state index in [0.29, 0.717) is 28.8 Å². The molecule has 1 fully saturated rings. The van der Waals surface area contributed by atoms with Crippen molar-refractivity contribution in [3.63, 3.8) is 0 Å². The van der Waals surface area contributed by atoms with Gasteiger partial charge in [-0.2, -0.15) is 9.61 Å². The number of hydrogen-bond donors (Lipinski definition) is 0. The average Bonchev–Trinajstić information content (AvgIpc) is 3.44. The van der Waals surface area contributed by atoms with E-state index in [-0.39, 0.29) is 5.82 Å². The van der Waals surface area contributed by atoms with Crippen LogP contribution in [0, 0.1) is 18.7 Å². The second kappa shape index (κ2) is 8.83. The minimum Gasteiger partial charge on any atom is -0.497 e. The zero-order valence-electron chi connectivity index (χ0n) is 20.0. The topological polar surface area (TPSA) is 42.7 Å². The third-order valence-electron chi connectivity index (χ3n) is 7.18. The maximum absolute atomic E-state index is 14.7. The normalized spacial score (nSPS) is 15.0. The first-order valence-corrected chi connectivity index (χ1v) is 12.6. The van der Waals surface area contributed by atoms with Crippen molar-refractivity contribution in [1.29, 1.82) is 0 Å². The Hall–Kier alpha value is -3.12. The molecule has 1 saturated carbocycles. The van der Waals surface area contributed by atoms with Gasteiger partial charge in [-0.15, -0.1) is 0 Å². The molecular formula is C28H28ClFN4O. The van der Waals surface area contributed by atoms with E-state index in [0.717, 1.165) is 59.8 Å². The fraction of sp³-hybridized carbons (Fsp3) is 0.357. The molecule has 0 radical (unpaired) electrons. The monoisotopic (exact) mass is 490 g/mol. The molecule has 4 aromatic rings. The summed E-state index contributed by atoms with van der Waals surface area (Å²) in [6.07, 6.45) is 5.40. The lowest BCUT2D eigenvalue weighted by molar-refractivity contribution is 0.415. The number of ether oxygens (including phenoxy) is 1. The number of aromatic nitrogens is 3. The Kier molecular flexibility index (Phi) is 5.64. The third-order valence-corrected chi connectivity index (χ3v) is 7.49. The summed E-state index contributed by atoms with van der Waals surface area (Å²) in [5.74, 6) is 2.23. The third kappa shape index (κ3) is 4.04. The summed E-state index contributed by atoms with van der Waals surface area (Å²) in [6.45, 7) is 3.39.